The Morgan fingerprint density at radius 2 is 1.89 bits per heavy atom. The van der Waals surface area contributed by atoms with Crippen LogP contribution in [0.3, 0.4) is 0 Å². The van der Waals surface area contributed by atoms with E-state index in [0.717, 1.165) is 30.3 Å². The first kappa shape index (κ1) is 22.5. The molecule has 2 atom stereocenters. The van der Waals surface area contributed by atoms with E-state index >= 15 is 0 Å². The van der Waals surface area contributed by atoms with Gasteiger partial charge in [-0.15, -0.1) is 0 Å². The fraction of sp³-hybridized carbons (Fsp3) is 0.118. The highest BCUT2D eigenvalue weighted by molar-refractivity contribution is 5.86. The molecule has 184 valence electrons. The van der Waals surface area contributed by atoms with Crippen LogP contribution in [0.5, 0.6) is 0 Å². The van der Waals surface area contributed by atoms with E-state index in [2.05, 4.69) is 83.1 Å². The zero-order valence-electron chi connectivity index (χ0n) is 20.8. The summed E-state index contributed by atoms with van der Waals surface area (Å²) < 4.78 is 5.58. The largest absolute Gasteiger partial charge is 0.445 e. The Kier molecular flexibility index (Phi) is 5.51. The molecule has 3 aliphatic rings. The summed E-state index contributed by atoms with van der Waals surface area (Å²) in [5.74, 6) is 0.810. The molecule has 1 aromatic heterocycles. The summed E-state index contributed by atoms with van der Waals surface area (Å²) in [7, 11) is 0. The van der Waals surface area contributed by atoms with Crippen LogP contribution in [0.25, 0.3) is 34.7 Å². The minimum absolute atomic E-state index is 0.151. The number of carbonyl (C=O) groups excluding carboxylic acids is 1. The molecule has 4 aromatic rings. The van der Waals surface area contributed by atoms with Crippen molar-refractivity contribution in [1.29, 1.82) is 0 Å². The van der Waals surface area contributed by atoms with Crippen molar-refractivity contribution < 1.29 is 9.21 Å². The van der Waals surface area contributed by atoms with Crippen molar-refractivity contribution in [2.75, 3.05) is 0 Å². The molecule has 0 saturated heterocycles. The fourth-order valence-electron chi connectivity index (χ4n) is 6.09. The Morgan fingerprint density at radius 1 is 0.947 bits per heavy atom. The van der Waals surface area contributed by atoms with Crippen molar-refractivity contribution in [3.05, 3.63) is 136 Å². The van der Waals surface area contributed by atoms with Gasteiger partial charge in [0.25, 0.3) is 0 Å². The molecule has 3 aromatic carbocycles. The number of benzene rings is 3. The lowest BCUT2D eigenvalue weighted by Gasteiger charge is -2.31. The second kappa shape index (κ2) is 9.31. The Morgan fingerprint density at radius 3 is 2.79 bits per heavy atom. The highest BCUT2D eigenvalue weighted by atomic mass is 16.3. The number of oxazole rings is 1. The normalized spacial score (nSPS) is 19.0. The van der Waals surface area contributed by atoms with Crippen LogP contribution >= 0.6 is 0 Å². The van der Waals surface area contributed by atoms with E-state index in [1.165, 1.54) is 38.4 Å². The second-order valence-electron chi connectivity index (χ2n) is 9.97. The summed E-state index contributed by atoms with van der Waals surface area (Å²) in [5.41, 5.74) is 8.96. The van der Waals surface area contributed by atoms with Gasteiger partial charge in [0.1, 0.15) is 6.26 Å². The van der Waals surface area contributed by atoms with E-state index < -0.39 is 0 Å². The third-order valence-electron chi connectivity index (χ3n) is 7.90. The van der Waals surface area contributed by atoms with Gasteiger partial charge in [0, 0.05) is 34.9 Å². The zero-order chi connectivity index (χ0) is 25.5. The average molecular weight is 495 g/mol. The first-order valence-corrected chi connectivity index (χ1v) is 13.0. The molecule has 1 N–H and O–H groups in total. The molecule has 0 saturated carbocycles. The number of allylic oxidation sites excluding steroid dienone is 5. The second-order valence-corrected chi connectivity index (χ2v) is 9.97. The van der Waals surface area contributed by atoms with Crippen LogP contribution in [0.15, 0.2) is 108 Å². The van der Waals surface area contributed by atoms with Gasteiger partial charge in [-0.3, -0.25) is 4.79 Å². The maximum absolute atomic E-state index is 11.8. The van der Waals surface area contributed by atoms with Crippen molar-refractivity contribution in [2.24, 2.45) is 0 Å². The highest BCUT2D eigenvalue weighted by Crippen LogP contribution is 2.39. The van der Waals surface area contributed by atoms with Gasteiger partial charge in [-0.05, 0) is 69.3 Å². The third kappa shape index (κ3) is 3.77. The van der Waals surface area contributed by atoms with Crippen LogP contribution in [0.1, 0.15) is 45.3 Å². The van der Waals surface area contributed by atoms with E-state index in [4.69, 9.17) is 4.42 Å². The van der Waals surface area contributed by atoms with Crippen molar-refractivity contribution >= 4 is 18.4 Å². The van der Waals surface area contributed by atoms with Gasteiger partial charge in [-0.2, -0.15) is 0 Å². The lowest BCUT2D eigenvalue weighted by Crippen LogP contribution is -2.38. The number of nitrogens with one attached hydrogen (secondary N) is 1. The summed E-state index contributed by atoms with van der Waals surface area (Å²) >= 11 is 0. The molecule has 38 heavy (non-hydrogen) atoms. The van der Waals surface area contributed by atoms with Gasteiger partial charge in [0.15, 0.2) is 6.29 Å². The topological polar surface area (TPSA) is 55.1 Å². The van der Waals surface area contributed by atoms with Gasteiger partial charge in [0.2, 0.25) is 5.89 Å². The maximum atomic E-state index is 11.8. The third-order valence-corrected chi connectivity index (χ3v) is 7.90. The summed E-state index contributed by atoms with van der Waals surface area (Å²) in [4.78, 5) is 16.1. The van der Waals surface area contributed by atoms with Gasteiger partial charge in [-0.1, -0.05) is 72.8 Å². The molecular weight excluding hydrogens is 468 g/mol. The summed E-state index contributed by atoms with van der Waals surface area (Å²) in [5, 5.41) is 6.15. The number of hydrogen-bond acceptors (Lipinski definition) is 4. The van der Waals surface area contributed by atoms with Crippen molar-refractivity contribution in [1.82, 2.24) is 10.3 Å². The molecule has 2 aliphatic carbocycles. The number of hydrogen-bond donors (Lipinski definition) is 1. The van der Waals surface area contributed by atoms with Gasteiger partial charge < -0.3 is 9.73 Å². The number of aldehydes is 1. The van der Waals surface area contributed by atoms with Crippen molar-refractivity contribution in [2.45, 2.75) is 24.7 Å². The Labute approximate surface area is 221 Å². The van der Waals surface area contributed by atoms with Crippen LogP contribution in [-0.4, -0.2) is 11.3 Å². The monoisotopic (exact) mass is 494 g/mol. The van der Waals surface area contributed by atoms with Crippen LogP contribution < -0.4 is 15.8 Å². The highest BCUT2D eigenvalue weighted by Gasteiger charge is 2.28. The number of nitrogens with zero attached hydrogens (tertiary/aromatic N) is 1. The molecule has 0 spiro atoms. The first-order chi connectivity index (χ1) is 18.8. The molecule has 4 nitrogen and oxygen atoms in total. The van der Waals surface area contributed by atoms with E-state index in [1.807, 2.05) is 24.4 Å². The fourth-order valence-corrected chi connectivity index (χ4v) is 6.09. The minimum Gasteiger partial charge on any atom is -0.445 e. The van der Waals surface area contributed by atoms with E-state index in [-0.39, 0.29) is 11.8 Å². The van der Waals surface area contributed by atoms with Crippen LogP contribution in [0.2, 0.25) is 0 Å². The van der Waals surface area contributed by atoms with Crippen molar-refractivity contribution in [3.8, 4) is 22.6 Å². The van der Waals surface area contributed by atoms with Gasteiger partial charge in [0.05, 0.1) is 6.20 Å². The van der Waals surface area contributed by atoms with Gasteiger partial charge >= 0.3 is 0 Å². The molecule has 2 heterocycles. The SMILES string of the molecule is O=Cc1ccc(C2C=c3c(ccc4c3=CCc3ccccc3-4)C(C3=CC=CC=CN3)C2)cc1-c1ncco1. The Bertz CT molecular complexity index is 1770. The predicted molar refractivity (Wildman–Crippen MR) is 151 cm³/mol. The van der Waals surface area contributed by atoms with Crippen LogP contribution in [0.4, 0.5) is 0 Å². The van der Waals surface area contributed by atoms with E-state index in [0.29, 0.717) is 11.5 Å². The molecule has 4 heteroatoms. The van der Waals surface area contributed by atoms with E-state index in [9.17, 15) is 4.79 Å². The standard InChI is InChI=1S/C34H26N2O2/c37-21-24-10-9-23(18-30(24)34-36-16-17-38-34)25-19-31-28-12-11-22-6-3-4-7-26(22)27(28)13-14-29(31)32(20-25)33-8-2-1-5-15-35-33/h1-10,12-19,21,25,32,35H,11,20H2. The maximum Gasteiger partial charge on any atom is 0.226 e. The number of fused-ring (bicyclic) bond motifs is 5. The molecule has 0 fully saturated rings. The number of carbonyl (C=O) groups is 1. The molecular formula is C34H26N2O2. The molecule has 0 radical (unpaired) electrons. The number of rotatable bonds is 4. The van der Waals surface area contributed by atoms with Crippen LogP contribution in [0, 0.1) is 0 Å². The molecule has 7 rings (SSSR count). The Hall–Kier alpha value is -4.70. The molecule has 2 unspecified atom stereocenters. The molecule has 0 amide bonds. The van der Waals surface area contributed by atoms with Crippen LogP contribution in [-0.2, 0) is 6.42 Å². The summed E-state index contributed by atoms with van der Waals surface area (Å²) in [6.07, 6.45) is 21.0. The lowest BCUT2D eigenvalue weighted by molar-refractivity contribution is 0.112. The quantitative estimate of drug-likeness (QED) is 0.366. The summed E-state index contributed by atoms with van der Waals surface area (Å²) in [6, 6.07) is 19.3. The van der Waals surface area contributed by atoms with E-state index in [1.54, 1.807) is 12.5 Å². The summed E-state index contributed by atoms with van der Waals surface area (Å²) in [6.45, 7) is 0. The smallest absolute Gasteiger partial charge is 0.226 e. The lowest BCUT2D eigenvalue weighted by atomic mass is 9.75. The Balaban J connectivity index is 1.43. The predicted octanol–water partition coefficient (Wildman–Crippen LogP) is 5.77. The molecule has 1 aliphatic heterocycles. The average Bonchev–Trinajstić information content (AvgIpc) is 3.38. The molecule has 0 bridgehead atoms. The number of aromatic nitrogens is 1. The first-order valence-electron chi connectivity index (χ1n) is 13.0. The zero-order valence-corrected chi connectivity index (χ0v) is 20.8. The van der Waals surface area contributed by atoms with Crippen molar-refractivity contribution in [3.63, 3.8) is 0 Å². The minimum atomic E-state index is 0.151. The van der Waals surface area contributed by atoms with Gasteiger partial charge in [-0.25, -0.2) is 4.98 Å².